The number of benzene rings is 2. The lowest BCUT2D eigenvalue weighted by molar-refractivity contribution is 0.273. The summed E-state index contributed by atoms with van der Waals surface area (Å²) in [5, 5.41) is 9.58. The second kappa shape index (κ2) is 5.24. The zero-order valence-electron chi connectivity index (χ0n) is 10.5. The third kappa shape index (κ3) is 2.46. The van der Waals surface area contributed by atoms with Crippen LogP contribution in [0.4, 0.5) is 0 Å². The third-order valence-corrected chi connectivity index (χ3v) is 3.88. The molecule has 2 nitrogen and oxygen atoms in total. The fraction of sp³-hybridized carbons (Fsp3) is 0.250. The van der Waals surface area contributed by atoms with Crippen molar-refractivity contribution < 1.29 is 9.84 Å². The van der Waals surface area contributed by atoms with Crippen LogP contribution in [0.2, 0.25) is 5.02 Å². The van der Waals surface area contributed by atoms with Gasteiger partial charge in [-0.2, -0.15) is 0 Å². The maximum atomic E-state index is 9.03. The monoisotopic (exact) mass is 274 g/mol. The van der Waals surface area contributed by atoms with Crippen molar-refractivity contribution in [2.45, 2.75) is 18.9 Å². The second-order valence-electron chi connectivity index (χ2n) is 4.83. The van der Waals surface area contributed by atoms with Crippen molar-refractivity contribution in [3.63, 3.8) is 0 Å². The zero-order valence-corrected chi connectivity index (χ0v) is 11.2. The molecular formula is C16H15ClO2. The first-order chi connectivity index (χ1) is 9.28. The van der Waals surface area contributed by atoms with E-state index in [1.807, 2.05) is 12.1 Å². The highest BCUT2D eigenvalue weighted by molar-refractivity contribution is 6.32. The van der Waals surface area contributed by atoms with Crippen molar-refractivity contribution in [3.05, 3.63) is 64.2 Å². The molecule has 0 radical (unpaired) electrons. The summed E-state index contributed by atoms with van der Waals surface area (Å²) in [6, 6.07) is 13.8. The average Bonchev–Trinajstić information content (AvgIpc) is 2.41. The highest BCUT2D eigenvalue weighted by Crippen LogP contribution is 2.36. The molecule has 3 heteroatoms. The van der Waals surface area contributed by atoms with Gasteiger partial charge in [-0.1, -0.05) is 41.9 Å². The topological polar surface area (TPSA) is 29.5 Å². The smallest absolute Gasteiger partial charge is 0.137 e. The van der Waals surface area contributed by atoms with Crippen LogP contribution in [-0.2, 0) is 13.0 Å². The van der Waals surface area contributed by atoms with E-state index in [0.717, 1.165) is 12.0 Å². The highest BCUT2D eigenvalue weighted by Gasteiger charge is 2.26. The fourth-order valence-corrected chi connectivity index (χ4v) is 2.72. The fourth-order valence-electron chi connectivity index (χ4n) is 2.46. The van der Waals surface area contributed by atoms with Crippen molar-refractivity contribution in [2.24, 2.45) is 0 Å². The maximum Gasteiger partial charge on any atom is 0.137 e. The van der Waals surface area contributed by atoms with Crippen molar-refractivity contribution >= 4 is 11.6 Å². The Hall–Kier alpha value is -1.51. The molecule has 0 saturated heterocycles. The molecule has 0 aliphatic heterocycles. The molecule has 0 fully saturated rings. The standard InChI is InChI=1S/C16H15ClO2/c17-15-7-11(9-18)5-6-16(15)19-10-13-8-12-3-1-2-4-14(12)13/h1-7,13,18H,8-10H2. The van der Waals surface area contributed by atoms with Gasteiger partial charge in [0.25, 0.3) is 0 Å². The molecule has 0 aromatic heterocycles. The van der Waals surface area contributed by atoms with Crippen LogP contribution in [-0.4, -0.2) is 11.7 Å². The minimum absolute atomic E-state index is 0.00397. The molecule has 98 valence electrons. The van der Waals surface area contributed by atoms with Gasteiger partial charge in [-0.05, 0) is 35.2 Å². The Labute approximate surface area is 117 Å². The molecule has 3 rings (SSSR count). The molecule has 0 bridgehead atoms. The van der Waals surface area contributed by atoms with Gasteiger partial charge in [0.05, 0.1) is 18.2 Å². The van der Waals surface area contributed by atoms with Gasteiger partial charge < -0.3 is 9.84 Å². The molecule has 1 unspecified atom stereocenters. The molecular weight excluding hydrogens is 260 g/mol. The summed E-state index contributed by atoms with van der Waals surface area (Å²) in [7, 11) is 0. The predicted octanol–water partition coefficient (Wildman–Crippen LogP) is 3.55. The molecule has 2 aromatic carbocycles. The summed E-state index contributed by atoms with van der Waals surface area (Å²) in [6.45, 7) is 0.644. The lowest BCUT2D eigenvalue weighted by atomic mass is 9.78. The molecule has 0 saturated carbocycles. The molecule has 1 atom stereocenters. The number of rotatable bonds is 4. The van der Waals surface area contributed by atoms with E-state index in [1.54, 1.807) is 6.07 Å². The number of fused-ring (bicyclic) bond motifs is 1. The van der Waals surface area contributed by atoms with Crippen LogP contribution in [0, 0.1) is 0 Å². The Morgan fingerprint density at radius 1 is 1.21 bits per heavy atom. The van der Waals surface area contributed by atoms with E-state index in [4.69, 9.17) is 21.4 Å². The Kier molecular flexibility index (Phi) is 3.45. The summed E-state index contributed by atoms with van der Waals surface area (Å²) >= 11 is 6.12. The second-order valence-corrected chi connectivity index (χ2v) is 5.24. The van der Waals surface area contributed by atoms with E-state index in [-0.39, 0.29) is 6.61 Å². The van der Waals surface area contributed by atoms with Crippen LogP contribution in [0.25, 0.3) is 0 Å². The van der Waals surface area contributed by atoms with Crippen LogP contribution in [0.5, 0.6) is 5.75 Å². The Bertz CT molecular complexity index is 595. The van der Waals surface area contributed by atoms with Crippen LogP contribution in [0.15, 0.2) is 42.5 Å². The number of ether oxygens (including phenoxy) is 1. The molecule has 0 heterocycles. The van der Waals surface area contributed by atoms with Gasteiger partial charge in [0.2, 0.25) is 0 Å². The highest BCUT2D eigenvalue weighted by atomic mass is 35.5. The number of aliphatic hydroxyl groups is 1. The molecule has 0 spiro atoms. The first-order valence-corrected chi connectivity index (χ1v) is 6.75. The van der Waals surface area contributed by atoms with Gasteiger partial charge in [0.1, 0.15) is 5.75 Å². The van der Waals surface area contributed by atoms with E-state index in [9.17, 15) is 0 Å². The van der Waals surface area contributed by atoms with Crippen molar-refractivity contribution in [1.82, 2.24) is 0 Å². The summed E-state index contributed by atoms with van der Waals surface area (Å²) in [4.78, 5) is 0. The van der Waals surface area contributed by atoms with Crippen LogP contribution < -0.4 is 4.74 Å². The van der Waals surface area contributed by atoms with Crippen LogP contribution >= 0.6 is 11.6 Å². The van der Waals surface area contributed by atoms with Gasteiger partial charge in [0.15, 0.2) is 0 Å². The zero-order chi connectivity index (χ0) is 13.2. The van der Waals surface area contributed by atoms with Gasteiger partial charge in [-0.25, -0.2) is 0 Å². The number of hydrogen-bond acceptors (Lipinski definition) is 2. The minimum atomic E-state index is -0.00397. The van der Waals surface area contributed by atoms with Crippen molar-refractivity contribution in [1.29, 1.82) is 0 Å². The largest absolute Gasteiger partial charge is 0.491 e. The summed E-state index contributed by atoms with van der Waals surface area (Å²) in [5.41, 5.74) is 3.59. The first kappa shape index (κ1) is 12.5. The Morgan fingerprint density at radius 3 is 2.79 bits per heavy atom. The molecule has 1 aliphatic rings. The average molecular weight is 275 g/mol. The lowest BCUT2D eigenvalue weighted by Crippen LogP contribution is -2.23. The predicted molar refractivity (Wildman–Crippen MR) is 75.8 cm³/mol. The lowest BCUT2D eigenvalue weighted by Gasteiger charge is -2.30. The van der Waals surface area contributed by atoms with E-state index in [0.29, 0.717) is 23.3 Å². The van der Waals surface area contributed by atoms with Gasteiger partial charge in [-0.3, -0.25) is 0 Å². The minimum Gasteiger partial charge on any atom is -0.491 e. The molecule has 0 amide bonds. The van der Waals surface area contributed by atoms with Crippen molar-refractivity contribution in [3.8, 4) is 5.75 Å². The summed E-state index contributed by atoms with van der Waals surface area (Å²) < 4.78 is 5.78. The Balaban J connectivity index is 1.65. The van der Waals surface area contributed by atoms with Gasteiger partial charge in [0, 0.05) is 5.92 Å². The van der Waals surface area contributed by atoms with Gasteiger partial charge >= 0.3 is 0 Å². The third-order valence-electron chi connectivity index (χ3n) is 3.58. The maximum absolute atomic E-state index is 9.03. The molecule has 19 heavy (non-hydrogen) atoms. The Morgan fingerprint density at radius 2 is 2.05 bits per heavy atom. The number of aliphatic hydroxyl groups excluding tert-OH is 1. The van der Waals surface area contributed by atoms with Crippen molar-refractivity contribution in [2.75, 3.05) is 6.61 Å². The molecule has 2 aromatic rings. The van der Waals surface area contributed by atoms with E-state index < -0.39 is 0 Å². The number of halogens is 1. The van der Waals surface area contributed by atoms with Crippen LogP contribution in [0.3, 0.4) is 0 Å². The normalized spacial score (nSPS) is 16.6. The SMILES string of the molecule is OCc1ccc(OCC2Cc3ccccc32)c(Cl)c1. The van der Waals surface area contributed by atoms with E-state index in [1.165, 1.54) is 11.1 Å². The quantitative estimate of drug-likeness (QED) is 0.924. The van der Waals surface area contributed by atoms with E-state index in [2.05, 4.69) is 24.3 Å². The summed E-state index contributed by atoms with van der Waals surface area (Å²) in [6.07, 6.45) is 1.07. The van der Waals surface area contributed by atoms with E-state index >= 15 is 0 Å². The molecule has 1 aliphatic carbocycles. The summed E-state index contributed by atoms with van der Waals surface area (Å²) in [5.74, 6) is 1.15. The molecule has 1 N–H and O–H groups in total. The number of hydrogen-bond donors (Lipinski definition) is 1. The van der Waals surface area contributed by atoms with Gasteiger partial charge in [-0.15, -0.1) is 0 Å². The first-order valence-electron chi connectivity index (χ1n) is 6.38. The van der Waals surface area contributed by atoms with Crippen LogP contribution in [0.1, 0.15) is 22.6 Å².